The molecule has 0 bridgehead atoms. The van der Waals surface area contributed by atoms with E-state index in [4.69, 9.17) is 9.47 Å². The Balaban J connectivity index is 2.28. The summed E-state index contributed by atoms with van der Waals surface area (Å²) in [6.45, 7) is 8.84. The molecule has 0 aliphatic carbocycles. The van der Waals surface area contributed by atoms with Crippen LogP contribution in [-0.2, 0) is 4.74 Å². The van der Waals surface area contributed by atoms with Gasteiger partial charge in [0.05, 0.1) is 12.8 Å². The molecule has 108 valence electrons. The lowest BCUT2D eigenvalue weighted by molar-refractivity contribution is 0.299. The third-order valence-corrected chi connectivity index (χ3v) is 2.89. The summed E-state index contributed by atoms with van der Waals surface area (Å²) in [5.41, 5.74) is 3.08. The first kappa shape index (κ1) is 14.4. The first-order chi connectivity index (χ1) is 9.39. The van der Waals surface area contributed by atoms with Crippen LogP contribution in [0.2, 0.25) is 0 Å². The van der Waals surface area contributed by atoms with Crippen molar-refractivity contribution in [3.63, 3.8) is 0 Å². The normalized spacial score (nSPS) is 15.6. The Labute approximate surface area is 120 Å². The Morgan fingerprint density at radius 2 is 1.85 bits per heavy atom. The largest absolute Gasteiger partial charge is 0.497 e. The van der Waals surface area contributed by atoms with Crippen LogP contribution in [0.3, 0.4) is 0 Å². The van der Waals surface area contributed by atoms with E-state index >= 15 is 0 Å². The summed E-state index contributed by atoms with van der Waals surface area (Å²) in [7, 11) is 1.66. The van der Waals surface area contributed by atoms with Crippen molar-refractivity contribution >= 4 is 11.7 Å². The SMILES string of the molecule is COc1ccc(C2=C(C)COC(NC(C)(C)C)=N2)cc1. The van der Waals surface area contributed by atoms with Crippen LogP contribution in [0.4, 0.5) is 0 Å². The molecule has 0 spiro atoms. The van der Waals surface area contributed by atoms with Crippen LogP contribution in [0.25, 0.3) is 5.70 Å². The Kier molecular flexibility index (Phi) is 4.02. The van der Waals surface area contributed by atoms with Gasteiger partial charge >= 0.3 is 0 Å². The first-order valence-electron chi connectivity index (χ1n) is 6.73. The maximum Gasteiger partial charge on any atom is 0.290 e. The van der Waals surface area contributed by atoms with Gasteiger partial charge < -0.3 is 14.8 Å². The van der Waals surface area contributed by atoms with E-state index in [1.54, 1.807) is 7.11 Å². The first-order valence-corrected chi connectivity index (χ1v) is 6.73. The lowest BCUT2D eigenvalue weighted by Gasteiger charge is -2.26. The topological polar surface area (TPSA) is 42.9 Å². The second-order valence-electron chi connectivity index (χ2n) is 5.94. The highest BCUT2D eigenvalue weighted by Crippen LogP contribution is 2.25. The van der Waals surface area contributed by atoms with Crippen molar-refractivity contribution < 1.29 is 9.47 Å². The van der Waals surface area contributed by atoms with E-state index in [1.165, 1.54) is 0 Å². The van der Waals surface area contributed by atoms with E-state index in [1.807, 2.05) is 31.2 Å². The standard InChI is InChI=1S/C16H22N2O2/c1-11-10-20-15(18-16(2,3)4)17-14(11)12-6-8-13(19-5)9-7-12/h6-9H,10H2,1-5H3,(H,17,18). The molecular weight excluding hydrogens is 252 g/mol. The molecule has 1 N–H and O–H groups in total. The summed E-state index contributed by atoms with van der Waals surface area (Å²) >= 11 is 0. The minimum atomic E-state index is -0.0743. The van der Waals surface area contributed by atoms with E-state index in [9.17, 15) is 0 Å². The van der Waals surface area contributed by atoms with Gasteiger partial charge in [0.15, 0.2) is 0 Å². The van der Waals surface area contributed by atoms with Crippen LogP contribution in [0, 0.1) is 0 Å². The molecule has 0 fully saturated rings. The summed E-state index contributed by atoms with van der Waals surface area (Å²) in [5, 5.41) is 3.27. The van der Waals surface area contributed by atoms with Gasteiger partial charge in [0.1, 0.15) is 12.4 Å². The molecule has 0 radical (unpaired) electrons. The molecule has 0 aromatic heterocycles. The van der Waals surface area contributed by atoms with Crippen molar-refractivity contribution in [1.82, 2.24) is 5.32 Å². The fourth-order valence-corrected chi connectivity index (χ4v) is 1.92. The summed E-state index contributed by atoms with van der Waals surface area (Å²) in [6, 6.07) is 8.49. The van der Waals surface area contributed by atoms with Crippen LogP contribution in [0.1, 0.15) is 33.3 Å². The lowest BCUT2D eigenvalue weighted by Crippen LogP contribution is -2.42. The van der Waals surface area contributed by atoms with Gasteiger partial charge in [-0.15, -0.1) is 0 Å². The molecular formula is C16H22N2O2. The highest BCUT2D eigenvalue weighted by atomic mass is 16.5. The molecule has 1 aliphatic heterocycles. The Hall–Kier alpha value is -1.97. The van der Waals surface area contributed by atoms with Crippen LogP contribution in [0.5, 0.6) is 5.75 Å². The number of aliphatic imine (C=N–C) groups is 1. The van der Waals surface area contributed by atoms with Crippen molar-refractivity contribution in [3.8, 4) is 5.75 Å². The summed E-state index contributed by atoms with van der Waals surface area (Å²) < 4.78 is 10.8. The van der Waals surface area contributed by atoms with Crippen molar-refractivity contribution in [2.24, 2.45) is 4.99 Å². The number of nitrogens with one attached hydrogen (secondary N) is 1. The fraction of sp³-hybridized carbons (Fsp3) is 0.438. The number of ether oxygens (including phenoxy) is 2. The van der Waals surface area contributed by atoms with Gasteiger partial charge in [0.25, 0.3) is 6.02 Å². The van der Waals surface area contributed by atoms with Crippen molar-refractivity contribution in [2.75, 3.05) is 13.7 Å². The lowest BCUT2D eigenvalue weighted by atomic mass is 10.1. The Morgan fingerprint density at radius 3 is 2.40 bits per heavy atom. The van der Waals surface area contributed by atoms with Crippen molar-refractivity contribution in [1.29, 1.82) is 0 Å². The number of nitrogens with zero attached hydrogens (tertiary/aromatic N) is 1. The van der Waals surface area contributed by atoms with Crippen LogP contribution >= 0.6 is 0 Å². The Morgan fingerprint density at radius 1 is 1.20 bits per heavy atom. The van der Waals surface area contributed by atoms with Gasteiger partial charge in [0.2, 0.25) is 0 Å². The van der Waals surface area contributed by atoms with Crippen molar-refractivity contribution in [3.05, 3.63) is 35.4 Å². The zero-order valence-electron chi connectivity index (χ0n) is 12.8. The molecule has 2 rings (SSSR count). The maximum atomic E-state index is 5.62. The quantitative estimate of drug-likeness (QED) is 0.900. The summed E-state index contributed by atoms with van der Waals surface area (Å²) in [6.07, 6.45) is 0. The molecule has 20 heavy (non-hydrogen) atoms. The number of hydrogen-bond acceptors (Lipinski definition) is 4. The van der Waals surface area contributed by atoms with E-state index in [0.717, 1.165) is 22.6 Å². The van der Waals surface area contributed by atoms with Gasteiger partial charge in [0, 0.05) is 11.1 Å². The van der Waals surface area contributed by atoms with Crippen molar-refractivity contribution in [2.45, 2.75) is 33.2 Å². The number of rotatable bonds is 2. The van der Waals surface area contributed by atoms with Gasteiger partial charge in [-0.05, 0) is 57.5 Å². The summed E-state index contributed by atoms with van der Waals surface area (Å²) in [4.78, 5) is 4.60. The molecule has 1 aliphatic rings. The van der Waals surface area contributed by atoms with E-state index in [-0.39, 0.29) is 5.54 Å². The van der Waals surface area contributed by atoms with E-state index < -0.39 is 0 Å². The molecule has 0 saturated heterocycles. The zero-order valence-corrected chi connectivity index (χ0v) is 12.8. The van der Waals surface area contributed by atoms with Crippen LogP contribution in [-0.4, -0.2) is 25.3 Å². The minimum absolute atomic E-state index is 0.0743. The molecule has 1 heterocycles. The van der Waals surface area contributed by atoms with Crippen LogP contribution < -0.4 is 10.1 Å². The molecule has 1 aromatic rings. The molecule has 1 aromatic carbocycles. The fourth-order valence-electron chi connectivity index (χ4n) is 1.92. The second-order valence-corrected chi connectivity index (χ2v) is 5.94. The molecule has 0 atom stereocenters. The third kappa shape index (κ3) is 3.53. The summed E-state index contributed by atoms with van der Waals surface area (Å²) in [5.74, 6) is 0.844. The number of benzene rings is 1. The average molecular weight is 274 g/mol. The number of amidine groups is 1. The molecule has 0 unspecified atom stereocenters. The highest BCUT2D eigenvalue weighted by molar-refractivity contribution is 5.85. The van der Waals surface area contributed by atoms with Gasteiger partial charge in [-0.1, -0.05) is 0 Å². The predicted molar refractivity (Wildman–Crippen MR) is 81.9 cm³/mol. The molecule has 0 amide bonds. The Bertz CT molecular complexity index is 537. The molecule has 4 heteroatoms. The maximum absolute atomic E-state index is 5.62. The average Bonchev–Trinajstić information content (AvgIpc) is 2.40. The van der Waals surface area contributed by atoms with Gasteiger partial charge in [-0.2, -0.15) is 4.99 Å². The predicted octanol–water partition coefficient (Wildman–Crippen LogP) is 3.20. The number of hydrogen-bond donors (Lipinski definition) is 1. The minimum Gasteiger partial charge on any atom is -0.497 e. The molecule has 4 nitrogen and oxygen atoms in total. The monoisotopic (exact) mass is 274 g/mol. The van der Waals surface area contributed by atoms with E-state index in [2.05, 4.69) is 31.1 Å². The smallest absolute Gasteiger partial charge is 0.290 e. The zero-order chi connectivity index (χ0) is 14.8. The van der Waals surface area contributed by atoms with E-state index in [0.29, 0.717) is 12.6 Å². The second kappa shape index (κ2) is 5.57. The van der Waals surface area contributed by atoms with Crippen LogP contribution in [0.15, 0.2) is 34.8 Å². The highest BCUT2D eigenvalue weighted by Gasteiger charge is 2.19. The molecule has 0 saturated carbocycles. The third-order valence-electron chi connectivity index (χ3n) is 2.89. The van der Waals surface area contributed by atoms with Gasteiger partial charge in [-0.25, -0.2) is 0 Å². The van der Waals surface area contributed by atoms with Gasteiger partial charge in [-0.3, -0.25) is 0 Å². The number of methoxy groups -OCH3 is 1.